The van der Waals surface area contributed by atoms with Crippen LogP contribution in [0.15, 0.2) is 65.6 Å². The Hall–Kier alpha value is -3.59. The SMILES string of the molecule is COc1ccc(C(=O)N2CCc3ccc(NS(=O)(=O)c4cc(F)ccc4OC)cc32)cc1. The lowest BCUT2D eigenvalue weighted by atomic mass is 10.1. The van der Waals surface area contributed by atoms with Gasteiger partial charge in [0.1, 0.15) is 22.2 Å². The van der Waals surface area contributed by atoms with Gasteiger partial charge in [0.05, 0.1) is 19.9 Å². The molecule has 0 fully saturated rings. The highest BCUT2D eigenvalue weighted by Gasteiger charge is 2.27. The fourth-order valence-corrected chi connectivity index (χ4v) is 4.84. The fraction of sp³-hybridized carbons (Fsp3) is 0.174. The molecule has 166 valence electrons. The van der Waals surface area contributed by atoms with E-state index in [0.29, 0.717) is 30.0 Å². The molecule has 0 saturated carbocycles. The molecule has 4 rings (SSSR count). The molecule has 1 amide bonds. The molecule has 1 aliphatic rings. The molecule has 3 aromatic rings. The van der Waals surface area contributed by atoms with Crippen LogP contribution in [-0.2, 0) is 16.4 Å². The third kappa shape index (κ3) is 4.11. The van der Waals surface area contributed by atoms with Gasteiger partial charge in [-0.05, 0) is 66.6 Å². The molecule has 0 aromatic heterocycles. The van der Waals surface area contributed by atoms with Crippen LogP contribution in [0.5, 0.6) is 11.5 Å². The Morgan fingerprint density at radius 3 is 2.44 bits per heavy atom. The first-order valence-corrected chi connectivity index (χ1v) is 11.3. The quantitative estimate of drug-likeness (QED) is 0.609. The molecule has 0 bridgehead atoms. The molecule has 7 nitrogen and oxygen atoms in total. The van der Waals surface area contributed by atoms with Crippen molar-refractivity contribution >= 4 is 27.3 Å². The second-order valence-corrected chi connectivity index (χ2v) is 8.83. The van der Waals surface area contributed by atoms with Gasteiger partial charge in [-0.25, -0.2) is 12.8 Å². The zero-order valence-corrected chi connectivity index (χ0v) is 18.3. The summed E-state index contributed by atoms with van der Waals surface area (Å²) in [6.45, 7) is 0.480. The van der Waals surface area contributed by atoms with E-state index >= 15 is 0 Å². The van der Waals surface area contributed by atoms with E-state index in [-0.39, 0.29) is 22.2 Å². The number of carbonyl (C=O) groups is 1. The van der Waals surface area contributed by atoms with Gasteiger partial charge in [-0.1, -0.05) is 6.07 Å². The number of fused-ring (bicyclic) bond motifs is 1. The van der Waals surface area contributed by atoms with Crippen molar-refractivity contribution in [2.45, 2.75) is 11.3 Å². The Labute approximate surface area is 185 Å². The number of sulfonamides is 1. The number of halogens is 1. The van der Waals surface area contributed by atoms with Crippen LogP contribution in [0.1, 0.15) is 15.9 Å². The Bertz CT molecular complexity index is 1280. The number of methoxy groups -OCH3 is 2. The van der Waals surface area contributed by atoms with Gasteiger partial charge in [-0.3, -0.25) is 9.52 Å². The maximum atomic E-state index is 13.7. The molecule has 0 atom stereocenters. The third-order valence-corrected chi connectivity index (χ3v) is 6.63. The molecule has 0 spiro atoms. The van der Waals surface area contributed by atoms with Crippen molar-refractivity contribution in [1.29, 1.82) is 0 Å². The summed E-state index contributed by atoms with van der Waals surface area (Å²) in [6.07, 6.45) is 0.655. The summed E-state index contributed by atoms with van der Waals surface area (Å²) in [4.78, 5) is 14.3. The highest BCUT2D eigenvalue weighted by Crippen LogP contribution is 2.34. The summed E-state index contributed by atoms with van der Waals surface area (Å²) in [5.74, 6) is -0.223. The predicted molar refractivity (Wildman–Crippen MR) is 119 cm³/mol. The number of anilines is 2. The van der Waals surface area contributed by atoms with Crippen LogP contribution in [0.2, 0.25) is 0 Å². The van der Waals surface area contributed by atoms with Gasteiger partial charge < -0.3 is 14.4 Å². The fourth-order valence-electron chi connectivity index (χ4n) is 3.61. The Kier molecular flexibility index (Phi) is 5.75. The Morgan fingerprint density at radius 1 is 1.00 bits per heavy atom. The second-order valence-electron chi connectivity index (χ2n) is 7.18. The number of amides is 1. The second kappa shape index (κ2) is 8.51. The minimum Gasteiger partial charge on any atom is -0.497 e. The van der Waals surface area contributed by atoms with E-state index < -0.39 is 15.8 Å². The molecule has 9 heteroatoms. The summed E-state index contributed by atoms with van der Waals surface area (Å²) in [7, 11) is -1.26. The van der Waals surface area contributed by atoms with Crippen molar-refractivity contribution in [2.24, 2.45) is 0 Å². The van der Waals surface area contributed by atoms with Crippen LogP contribution in [0.25, 0.3) is 0 Å². The van der Waals surface area contributed by atoms with Crippen LogP contribution < -0.4 is 19.1 Å². The molecule has 0 unspecified atom stereocenters. The monoisotopic (exact) mass is 456 g/mol. The van der Waals surface area contributed by atoms with E-state index in [0.717, 1.165) is 17.7 Å². The van der Waals surface area contributed by atoms with E-state index in [1.165, 1.54) is 13.2 Å². The number of benzene rings is 3. The van der Waals surface area contributed by atoms with Crippen LogP contribution in [-0.4, -0.2) is 35.1 Å². The zero-order chi connectivity index (χ0) is 22.9. The van der Waals surface area contributed by atoms with Crippen molar-refractivity contribution in [3.8, 4) is 11.5 Å². The Morgan fingerprint density at radius 2 is 1.75 bits per heavy atom. The van der Waals surface area contributed by atoms with Gasteiger partial charge in [0, 0.05) is 17.8 Å². The Balaban J connectivity index is 1.63. The molecule has 1 N–H and O–H groups in total. The topological polar surface area (TPSA) is 84.9 Å². The van der Waals surface area contributed by atoms with Gasteiger partial charge in [0.15, 0.2) is 0 Å². The van der Waals surface area contributed by atoms with Gasteiger partial charge in [-0.15, -0.1) is 0 Å². The summed E-state index contributed by atoms with van der Waals surface area (Å²) in [5.41, 5.74) is 2.30. The summed E-state index contributed by atoms with van der Waals surface area (Å²) < 4.78 is 52.1. The molecular weight excluding hydrogens is 435 g/mol. The summed E-state index contributed by atoms with van der Waals surface area (Å²) in [5, 5.41) is 0. The van der Waals surface area contributed by atoms with E-state index in [1.54, 1.807) is 54.5 Å². The molecule has 3 aromatic carbocycles. The molecular formula is C23H21FN2O5S. The molecule has 0 radical (unpaired) electrons. The average Bonchev–Trinajstić information content (AvgIpc) is 3.21. The smallest absolute Gasteiger partial charge is 0.265 e. The minimum atomic E-state index is -4.13. The number of hydrogen-bond acceptors (Lipinski definition) is 5. The maximum Gasteiger partial charge on any atom is 0.265 e. The number of rotatable bonds is 6. The molecule has 32 heavy (non-hydrogen) atoms. The average molecular weight is 456 g/mol. The van der Waals surface area contributed by atoms with Crippen molar-refractivity contribution in [3.63, 3.8) is 0 Å². The summed E-state index contributed by atoms with van der Waals surface area (Å²) in [6, 6.07) is 15.0. The van der Waals surface area contributed by atoms with Crippen LogP contribution in [0.3, 0.4) is 0 Å². The van der Waals surface area contributed by atoms with E-state index in [1.807, 2.05) is 0 Å². The first-order chi connectivity index (χ1) is 15.3. The largest absolute Gasteiger partial charge is 0.497 e. The molecule has 1 heterocycles. The standard InChI is InChI=1S/C23H21FN2O5S/c1-30-19-8-4-16(5-9-19)23(27)26-12-11-15-3-7-18(14-20(15)26)25-32(28,29)22-13-17(24)6-10-21(22)31-2/h3-10,13-14,25H,11-12H2,1-2H3. The van der Waals surface area contributed by atoms with E-state index in [9.17, 15) is 17.6 Å². The molecule has 0 aliphatic carbocycles. The van der Waals surface area contributed by atoms with Crippen LogP contribution in [0.4, 0.5) is 15.8 Å². The molecule has 0 saturated heterocycles. The summed E-state index contributed by atoms with van der Waals surface area (Å²) >= 11 is 0. The van der Waals surface area contributed by atoms with E-state index in [2.05, 4.69) is 4.72 Å². The number of nitrogens with zero attached hydrogens (tertiary/aromatic N) is 1. The van der Waals surface area contributed by atoms with Crippen LogP contribution >= 0.6 is 0 Å². The number of hydrogen-bond donors (Lipinski definition) is 1. The van der Waals surface area contributed by atoms with Crippen LogP contribution in [0, 0.1) is 5.82 Å². The maximum absolute atomic E-state index is 13.7. The van der Waals surface area contributed by atoms with Crippen molar-refractivity contribution in [1.82, 2.24) is 0 Å². The third-order valence-electron chi connectivity index (χ3n) is 5.23. The van der Waals surface area contributed by atoms with Gasteiger partial charge in [-0.2, -0.15) is 0 Å². The lowest BCUT2D eigenvalue weighted by Gasteiger charge is -2.19. The van der Waals surface area contributed by atoms with Crippen molar-refractivity contribution < 1.29 is 27.1 Å². The van der Waals surface area contributed by atoms with Gasteiger partial charge in [0.2, 0.25) is 0 Å². The molecule has 1 aliphatic heterocycles. The van der Waals surface area contributed by atoms with Gasteiger partial charge in [0.25, 0.3) is 15.9 Å². The van der Waals surface area contributed by atoms with Crippen molar-refractivity contribution in [3.05, 3.63) is 77.6 Å². The zero-order valence-electron chi connectivity index (χ0n) is 17.5. The highest BCUT2D eigenvalue weighted by atomic mass is 32.2. The highest BCUT2D eigenvalue weighted by molar-refractivity contribution is 7.92. The minimum absolute atomic E-state index is 0.0244. The van der Waals surface area contributed by atoms with Crippen molar-refractivity contribution in [2.75, 3.05) is 30.4 Å². The van der Waals surface area contributed by atoms with E-state index in [4.69, 9.17) is 9.47 Å². The van der Waals surface area contributed by atoms with Gasteiger partial charge >= 0.3 is 0 Å². The normalized spacial score (nSPS) is 12.9. The first-order valence-electron chi connectivity index (χ1n) is 9.77. The first kappa shape index (κ1) is 21.6. The number of carbonyl (C=O) groups excluding carboxylic acids is 1. The predicted octanol–water partition coefficient (Wildman–Crippen LogP) is 3.85. The lowest BCUT2D eigenvalue weighted by molar-refractivity contribution is 0.0989. The lowest BCUT2D eigenvalue weighted by Crippen LogP contribution is -2.28. The number of nitrogens with one attached hydrogen (secondary N) is 1. The number of ether oxygens (including phenoxy) is 2.